The number of rotatable bonds is 9. The number of aliphatic hydroxyl groups excluding tert-OH is 1. The zero-order valence-corrected chi connectivity index (χ0v) is 14.9. The first-order valence-electron chi connectivity index (χ1n) is 8.68. The summed E-state index contributed by atoms with van der Waals surface area (Å²) in [6.07, 6.45) is 3.45. The van der Waals surface area contributed by atoms with Crippen LogP contribution >= 0.6 is 0 Å². The van der Waals surface area contributed by atoms with Crippen LogP contribution in [0.4, 0.5) is 0 Å². The maximum Gasteiger partial charge on any atom is 0.344 e. The Morgan fingerprint density at radius 2 is 2.19 bits per heavy atom. The summed E-state index contributed by atoms with van der Waals surface area (Å²) in [4.78, 5) is 19.3. The fourth-order valence-corrected chi connectivity index (χ4v) is 2.71. The number of hydrogen-bond acceptors (Lipinski definition) is 6. The predicted molar refractivity (Wildman–Crippen MR) is 99.5 cm³/mol. The van der Waals surface area contributed by atoms with Crippen LogP contribution in [-0.4, -0.2) is 49.9 Å². The number of fused-ring (bicyclic) bond motifs is 1. The van der Waals surface area contributed by atoms with Gasteiger partial charge in [-0.3, -0.25) is 4.98 Å². The van der Waals surface area contributed by atoms with E-state index in [-0.39, 0.29) is 0 Å². The molecule has 27 heavy (non-hydrogen) atoms. The van der Waals surface area contributed by atoms with E-state index in [2.05, 4.69) is 15.3 Å². The lowest BCUT2D eigenvalue weighted by atomic mass is 10.1. The van der Waals surface area contributed by atoms with E-state index < -0.39 is 18.2 Å². The molecule has 0 fully saturated rings. The lowest BCUT2D eigenvalue weighted by Crippen LogP contribution is -2.25. The summed E-state index contributed by atoms with van der Waals surface area (Å²) in [6, 6.07) is 9.06. The van der Waals surface area contributed by atoms with Crippen molar-refractivity contribution in [3.05, 3.63) is 54.6 Å². The minimum absolute atomic E-state index is 0.419. The van der Waals surface area contributed by atoms with Crippen LogP contribution in [0.3, 0.4) is 0 Å². The molecule has 3 rings (SSSR count). The van der Waals surface area contributed by atoms with Crippen molar-refractivity contribution in [2.75, 3.05) is 13.1 Å². The van der Waals surface area contributed by atoms with E-state index in [1.165, 1.54) is 6.92 Å². The monoisotopic (exact) mass is 370 g/mol. The highest BCUT2D eigenvalue weighted by Gasteiger charge is 2.16. The molecule has 0 amide bonds. The van der Waals surface area contributed by atoms with Gasteiger partial charge in [0.25, 0.3) is 0 Å². The summed E-state index contributed by atoms with van der Waals surface area (Å²) < 4.78 is 7.43. The number of para-hydroxylation sites is 1. The maximum absolute atomic E-state index is 11.0. The second kappa shape index (κ2) is 8.61. The molecule has 0 aliphatic carbocycles. The Morgan fingerprint density at radius 3 is 2.93 bits per heavy atom. The highest BCUT2D eigenvalue weighted by Crippen LogP contribution is 2.25. The number of nitrogens with one attached hydrogen (secondary N) is 1. The van der Waals surface area contributed by atoms with Gasteiger partial charge in [-0.2, -0.15) is 0 Å². The van der Waals surface area contributed by atoms with Crippen molar-refractivity contribution in [3.8, 4) is 5.75 Å². The van der Waals surface area contributed by atoms with Crippen molar-refractivity contribution in [1.29, 1.82) is 0 Å². The van der Waals surface area contributed by atoms with Gasteiger partial charge in [0.1, 0.15) is 11.3 Å². The number of carboxylic acid groups (broad SMARTS) is 1. The SMILES string of the molecule is C[C@H](Oc1cccc2c1ncn2CCNC[C@@H](O)c1cccnc1)C(=O)O. The van der Waals surface area contributed by atoms with Crippen LogP contribution in [0.5, 0.6) is 5.75 Å². The van der Waals surface area contributed by atoms with Crippen LogP contribution in [0, 0.1) is 0 Å². The van der Waals surface area contributed by atoms with Gasteiger partial charge in [-0.1, -0.05) is 12.1 Å². The molecule has 0 aliphatic rings. The Labute approximate surface area is 156 Å². The quantitative estimate of drug-likeness (QED) is 0.491. The third-order valence-electron chi connectivity index (χ3n) is 4.20. The van der Waals surface area contributed by atoms with Gasteiger partial charge in [0.2, 0.25) is 0 Å². The van der Waals surface area contributed by atoms with Gasteiger partial charge in [0.05, 0.1) is 17.9 Å². The number of aromatic nitrogens is 3. The van der Waals surface area contributed by atoms with Gasteiger partial charge in [-0.25, -0.2) is 9.78 Å². The first-order valence-corrected chi connectivity index (χ1v) is 8.68. The molecule has 8 nitrogen and oxygen atoms in total. The Hall–Kier alpha value is -2.97. The summed E-state index contributed by atoms with van der Waals surface area (Å²) in [6.45, 7) is 3.19. The zero-order chi connectivity index (χ0) is 19.2. The third kappa shape index (κ3) is 4.60. The molecule has 0 saturated carbocycles. The van der Waals surface area contributed by atoms with E-state index in [1.54, 1.807) is 30.9 Å². The molecule has 0 radical (unpaired) electrons. The maximum atomic E-state index is 11.0. The minimum Gasteiger partial charge on any atom is -0.479 e. The van der Waals surface area contributed by atoms with Gasteiger partial charge in [0, 0.05) is 37.6 Å². The second-order valence-electron chi connectivity index (χ2n) is 6.17. The molecule has 2 heterocycles. The molecule has 0 aliphatic heterocycles. The molecule has 3 N–H and O–H groups in total. The fraction of sp³-hybridized carbons (Fsp3) is 0.316. The molecule has 142 valence electrons. The smallest absolute Gasteiger partial charge is 0.344 e. The Kier molecular flexibility index (Phi) is 6.00. The predicted octanol–water partition coefficient (Wildman–Crippen LogP) is 1.61. The Bertz CT molecular complexity index is 897. The molecule has 0 bridgehead atoms. The first kappa shape index (κ1) is 18.8. The summed E-state index contributed by atoms with van der Waals surface area (Å²) in [7, 11) is 0. The first-order chi connectivity index (χ1) is 13.1. The fourth-order valence-electron chi connectivity index (χ4n) is 2.71. The van der Waals surface area contributed by atoms with Crippen LogP contribution in [0.15, 0.2) is 49.1 Å². The molecule has 2 aromatic heterocycles. The van der Waals surface area contributed by atoms with Crippen LogP contribution < -0.4 is 10.1 Å². The van der Waals surface area contributed by atoms with Crippen LogP contribution in [0.1, 0.15) is 18.6 Å². The number of ether oxygens (including phenoxy) is 1. The largest absolute Gasteiger partial charge is 0.479 e. The van der Waals surface area contributed by atoms with Gasteiger partial charge < -0.3 is 24.8 Å². The molecule has 0 saturated heterocycles. The lowest BCUT2D eigenvalue weighted by molar-refractivity contribution is -0.144. The Balaban J connectivity index is 1.59. The summed E-state index contributed by atoms with van der Waals surface area (Å²) in [5.41, 5.74) is 2.26. The average Bonchev–Trinajstić information content (AvgIpc) is 3.10. The van der Waals surface area contributed by atoms with Crippen molar-refractivity contribution in [3.63, 3.8) is 0 Å². The Morgan fingerprint density at radius 1 is 1.33 bits per heavy atom. The number of benzene rings is 1. The lowest BCUT2D eigenvalue weighted by Gasteiger charge is -2.13. The van der Waals surface area contributed by atoms with Gasteiger partial charge in [-0.15, -0.1) is 0 Å². The number of carboxylic acids is 1. The van der Waals surface area contributed by atoms with Crippen LogP contribution in [0.2, 0.25) is 0 Å². The normalized spacial score (nSPS) is 13.4. The van der Waals surface area contributed by atoms with Crippen molar-refractivity contribution in [1.82, 2.24) is 19.9 Å². The van der Waals surface area contributed by atoms with Crippen molar-refractivity contribution in [2.24, 2.45) is 0 Å². The van der Waals surface area contributed by atoms with E-state index in [4.69, 9.17) is 9.84 Å². The minimum atomic E-state index is -1.03. The van der Waals surface area contributed by atoms with E-state index in [9.17, 15) is 9.90 Å². The molecule has 0 spiro atoms. The third-order valence-corrected chi connectivity index (χ3v) is 4.20. The van der Waals surface area contributed by atoms with E-state index in [0.29, 0.717) is 30.9 Å². The van der Waals surface area contributed by atoms with E-state index >= 15 is 0 Å². The van der Waals surface area contributed by atoms with Crippen LogP contribution in [0.25, 0.3) is 11.0 Å². The van der Waals surface area contributed by atoms with Crippen LogP contribution in [-0.2, 0) is 11.3 Å². The zero-order valence-electron chi connectivity index (χ0n) is 14.9. The number of hydrogen-bond donors (Lipinski definition) is 3. The summed E-state index contributed by atoms with van der Waals surface area (Å²) in [5, 5.41) is 22.3. The molecule has 1 aromatic carbocycles. The van der Waals surface area contributed by atoms with Crippen molar-refractivity contribution >= 4 is 17.0 Å². The average molecular weight is 370 g/mol. The molecule has 0 unspecified atom stereocenters. The summed E-state index contributed by atoms with van der Waals surface area (Å²) >= 11 is 0. The molecular formula is C19H22N4O4. The number of imidazole rings is 1. The number of nitrogens with zero attached hydrogens (tertiary/aromatic N) is 3. The van der Waals surface area contributed by atoms with Gasteiger partial charge >= 0.3 is 5.97 Å². The molecule has 3 aromatic rings. The highest BCUT2D eigenvalue weighted by atomic mass is 16.5. The summed E-state index contributed by atoms with van der Waals surface area (Å²) in [5.74, 6) is -0.580. The highest BCUT2D eigenvalue weighted by molar-refractivity contribution is 5.82. The van der Waals surface area contributed by atoms with Crippen molar-refractivity contribution in [2.45, 2.75) is 25.7 Å². The van der Waals surface area contributed by atoms with Gasteiger partial charge in [-0.05, 0) is 25.1 Å². The number of carbonyl (C=O) groups is 1. The molecule has 2 atom stereocenters. The van der Waals surface area contributed by atoms with E-state index in [1.807, 2.05) is 22.8 Å². The topological polar surface area (TPSA) is 110 Å². The standard InChI is InChI=1S/C19H22N4O4/c1-13(19(25)26)27-17-6-2-5-15-18(17)22-12-23(15)9-8-21-11-16(24)14-4-3-7-20-10-14/h2-7,10,12-13,16,21,24H,8-9,11H2,1H3,(H,25,26)/t13-,16+/m0/s1. The van der Waals surface area contributed by atoms with Crippen molar-refractivity contribution < 1.29 is 19.7 Å². The second-order valence-corrected chi connectivity index (χ2v) is 6.17. The molecule has 8 heteroatoms. The number of pyridine rings is 1. The number of aliphatic carboxylic acids is 1. The number of aliphatic hydroxyl groups is 1. The van der Waals surface area contributed by atoms with Gasteiger partial charge in [0.15, 0.2) is 6.10 Å². The van der Waals surface area contributed by atoms with E-state index in [0.717, 1.165) is 11.1 Å². The molecular weight excluding hydrogens is 348 g/mol.